The third kappa shape index (κ3) is 6.09. The first kappa shape index (κ1) is 21.5. The molecule has 0 aliphatic rings. The smallest absolute Gasteiger partial charge is 0.273 e. The molecule has 1 N–H and O–H groups in total. The van der Waals surface area contributed by atoms with Gasteiger partial charge in [-0.25, -0.2) is 0 Å². The van der Waals surface area contributed by atoms with Gasteiger partial charge in [0.1, 0.15) is 19.5 Å². The molecule has 1 amide bonds. The highest BCUT2D eigenvalue weighted by Gasteiger charge is 2.17. The van der Waals surface area contributed by atoms with Crippen molar-refractivity contribution in [2.45, 2.75) is 6.61 Å². The highest BCUT2D eigenvalue weighted by molar-refractivity contribution is 9.28. The number of nitrogens with one attached hydrogen (secondary N) is 1. The minimum Gasteiger partial charge on any atom is -0.489 e. The highest BCUT2D eigenvalue weighted by atomic mass is 79.9. The predicted octanol–water partition coefficient (Wildman–Crippen LogP) is 5.10. The molecule has 142 valence electrons. The zero-order chi connectivity index (χ0) is 19.8. The molecule has 0 fully saturated rings. The summed E-state index contributed by atoms with van der Waals surface area (Å²) in [4.78, 5) is 16.9. The van der Waals surface area contributed by atoms with Crippen LogP contribution in [0.4, 0.5) is 0 Å². The van der Waals surface area contributed by atoms with Crippen LogP contribution in [-0.2, 0) is 16.2 Å². The summed E-state index contributed by atoms with van der Waals surface area (Å²) >= 11 is 12.9. The molecule has 27 heavy (non-hydrogen) atoms. The fourth-order valence-electron chi connectivity index (χ4n) is 2.29. The van der Waals surface area contributed by atoms with Gasteiger partial charge in [-0.15, -0.1) is 0 Å². The van der Waals surface area contributed by atoms with E-state index in [1.807, 2.05) is 36.4 Å². The lowest BCUT2D eigenvalue weighted by atomic mass is 10.0. The minimum absolute atomic E-state index is 0.180. The molecule has 0 atom stereocenters. The second-order valence-corrected chi connectivity index (χ2v) is 8.44. The van der Waals surface area contributed by atoms with E-state index in [4.69, 9.17) is 21.2 Å². The second kappa shape index (κ2) is 10.5. The average molecular weight is 517 g/mol. The van der Waals surface area contributed by atoms with Gasteiger partial charge in [-0.2, -0.15) is 0 Å². The number of amides is 1. The fourth-order valence-corrected chi connectivity index (χ4v) is 3.01. The molecule has 0 unspecified atom stereocenters. The van der Waals surface area contributed by atoms with Crippen molar-refractivity contribution in [1.82, 2.24) is 5.32 Å². The lowest BCUT2D eigenvalue weighted by Crippen LogP contribution is -2.29. The van der Waals surface area contributed by atoms with Gasteiger partial charge in [-0.05, 0) is 67.3 Å². The largest absolute Gasteiger partial charge is 0.489 e. The molecular weight excluding hydrogens is 499 g/mol. The van der Waals surface area contributed by atoms with Gasteiger partial charge in [0.15, 0.2) is 5.71 Å². The monoisotopic (exact) mass is 514 g/mol. The number of oxime groups is 1. The zero-order valence-corrected chi connectivity index (χ0v) is 18.6. The van der Waals surface area contributed by atoms with Crippen LogP contribution in [0, 0.1) is 0 Å². The van der Waals surface area contributed by atoms with Gasteiger partial charge in [-0.1, -0.05) is 41.0 Å². The lowest BCUT2D eigenvalue weighted by molar-refractivity contribution is -0.114. The number of halogens is 3. The number of hydrogen-bond donors (Lipinski definition) is 1. The van der Waals surface area contributed by atoms with Crippen molar-refractivity contribution in [1.29, 1.82) is 0 Å². The van der Waals surface area contributed by atoms with Gasteiger partial charge in [0.05, 0.1) is 8.41 Å². The number of carbonyl (C=O) groups is 1. The first-order valence-electron chi connectivity index (χ1n) is 7.82. The minimum atomic E-state index is -0.344. The molecule has 0 bridgehead atoms. The Bertz CT molecular complexity index is 881. The van der Waals surface area contributed by atoms with E-state index in [-0.39, 0.29) is 18.2 Å². The Hall–Kier alpha value is -1.83. The van der Waals surface area contributed by atoms with Crippen LogP contribution >= 0.6 is 43.5 Å². The van der Waals surface area contributed by atoms with Crippen LogP contribution in [0.25, 0.3) is 6.08 Å². The van der Waals surface area contributed by atoms with Crippen LogP contribution < -0.4 is 10.1 Å². The molecule has 2 aromatic rings. The van der Waals surface area contributed by atoms with Crippen molar-refractivity contribution in [2.24, 2.45) is 5.16 Å². The quantitative estimate of drug-likeness (QED) is 0.411. The van der Waals surface area contributed by atoms with Crippen LogP contribution in [0.5, 0.6) is 5.75 Å². The Labute approximate surface area is 179 Å². The topological polar surface area (TPSA) is 59.9 Å². The van der Waals surface area contributed by atoms with Crippen molar-refractivity contribution in [3.63, 3.8) is 0 Å². The van der Waals surface area contributed by atoms with E-state index in [0.717, 1.165) is 14.5 Å². The molecule has 0 spiro atoms. The highest BCUT2D eigenvalue weighted by Crippen LogP contribution is 2.28. The summed E-state index contributed by atoms with van der Waals surface area (Å²) in [5.74, 6) is 0.270. The van der Waals surface area contributed by atoms with E-state index < -0.39 is 0 Å². The van der Waals surface area contributed by atoms with Crippen LogP contribution in [0.3, 0.4) is 0 Å². The number of rotatable bonds is 7. The van der Waals surface area contributed by atoms with Gasteiger partial charge in [0.2, 0.25) is 0 Å². The third-order valence-electron chi connectivity index (χ3n) is 3.53. The van der Waals surface area contributed by atoms with E-state index in [0.29, 0.717) is 16.3 Å². The molecule has 0 aliphatic heterocycles. The summed E-state index contributed by atoms with van der Waals surface area (Å²) in [6.45, 7) is 0.240. The SMILES string of the molecule is CNC(=O)/C(=N/OC)c1ccccc1COc1ccc(C=C(Br)Br)c(Cl)c1. The van der Waals surface area contributed by atoms with Crippen molar-refractivity contribution in [2.75, 3.05) is 14.2 Å². The van der Waals surface area contributed by atoms with E-state index in [9.17, 15) is 4.79 Å². The normalized spacial score (nSPS) is 10.9. The number of nitrogens with zero attached hydrogens (tertiary/aromatic N) is 1. The molecule has 0 heterocycles. The number of hydrogen-bond acceptors (Lipinski definition) is 4. The Kier molecular flexibility index (Phi) is 8.34. The van der Waals surface area contributed by atoms with E-state index >= 15 is 0 Å². The number of ether oxygens (including phenoxy) is 1. The van der Waals surface area contributed by atoms with Crippen LogP contribution in [0.2, 0.25) is 5.02 Å². The molecule has 2 aromatic carbocycles. The summed E-state index contributed by atoms with van der Waals surface area (Å²) in [6.07, 6.45) is 1.85. The van der Waals surface area contributed by atoms with Gasteiger partial charge < -0.3 is 14.9 Å². The maximum absolute atomic E-state index is 12.1. The second-order valence-electron chi connectivity index (χ2n) is 5.26. The zero-order valence-electron chi connectivity index (χ0n) is 14.6. The third-order valence-corrected chi connectivity index (χ3v) is 4.31. The van der Waals surface area contributed by atoms with Gasteiger partial charge in [-0.3, -0.25) is 4.79 Å². The van der Waals surface area contributed by atoms with Gasteiger partial charge >= 0.3 is 0 Å². The molecular formula is C19H17Br2ClN2O3. The Balaban J connectivity index is 2.24. The molecule has 8 heteroatoms. The van der Waals surface area contributed by atoms with Crippen molar-refractivity contribution < 1.29 is 14.4 Å². The van der Waals surface area contributed by atoms with Crippen LogP contribution in [0.1, 0.15) is 16.7 Å². The molecule has 0 saturated heterocycles. The van der Waals surface area contributed by atoms with Crippen molar-refractivity contribution in [3.05, 3.63) is 67.6 Å². The van der Waals surface area contributed by atoms with E-state index in [2.05, 4.69) is 42.3 Å². The Morgan fingerprint density at radius 1 is 1.26 bits per heavy atom. The fraction of sp³-hybridized carbons (Fsp3) is 0.158. The standard InChI is InChI=1S/C19H17Br2ClN2O3/c1-23-19(25)18(24-26-2)15-6-4-3-5-13(15)11-27-14-8-7-12(9-17(20)21)16(22)10-14/h3-10H,11H2,1-2H3,(H,23,25)/b24-18+. The lowest BCUT2D eigenvalue weighted by Gasteiger charge is -2.12. The number of likely N-dealkylation sites (N-methyl/N-ethyl adjacent to an activating group) is 1. The molecule has 0 saturated carbocycles. The summed E-state index contributed by atoms with van der Waals surface area (Å²) in [6, 6.07) is 12.8. The van der Waals surface area contributed by atoms with E-state index in [1.54, 1.807) is 12.1 Å². The summed E-state index contributed by atoms with van der Waals surface area (Å²) in [5.41, 5.74) is 2.45. The van der Waals surface area contributed by atoms with Crippen LogP contribution in [-0.4, -0.2) is 25.8 Å². The van der Waals surface area contributed by atoms with Gasteiger partial charge in [0, 0.05) is 12.6 Å². The molecule has 5 nitrogen and oxygen atoms in total. The first-order chi connectivity index (χ1) is 13.0. The molecule has 2 rings (SSSR count). The first-order valence-corrected chi connectivity index (χ1v) is 9.79. The Morgan fingerprint density at radius 3 is 2.63 bits per heavy atom. The number of benzene rings is 2. The van der Waals surface area contributed by atoms with Crippen molar-refractivity contribution >= 4 is 61.2 Å². The maximum Gasteiger partial charge on any atom is 0.273 e. The van der Waals surface area contributed by atoms with Gasteiger partial charge in [0.25, 0.3) is 5.91 Å². The van der Waals surface area contributed by atoms with E-state index in [1.165, 1.54) is 14.2 Å². The van der Waals surface area contributed by atoms with Crippen LogP contribution in [0.15, 0.2) is 51.0 Å². The maximum atomic E-state index is 12.1. The predicted molar refractivity (Wildman–Crippen MR) is 116 cm³/mol. The molecule has 0 aromatic heterocycles. The Morgan fingerprint density at radius 2 is 2.00 bits per heavy atom. The van der Waals surface area contributed by atoms with Crippen molar-refractivity contribution in [3.8, 4) is 5.75 Å². The summed E-state index contributed by atoms with van der Waals surface area (Å²) in [7, 11) is 2.93. The molecule has 0 radical (unpaired) electrons. The summed E-state index contributed by atoms with van der Waals surface area (Å²) in [5, 5.41) is 6.96. The average Bonchev–Trinajstić information content (AvgIpc) is 2.66. The number of carbonyl (C=O) groups excluding carboxylic acids is 1. The molecule has 0 aliphatic carbocycles. The summed E-state index contributed by atoms with van der Waals surface area (Å²) < 4.78 is 6.65.